The molecule has 1 unspecified atom stereocenters. The van der Waals surface area contributed by atoms with Gasteiger partial charge < -0.3 is 20.7 Å². The average Bonchev–Trinajstić information content (AvgIpc) is 3.18. The highest BCUT2D eigenvalue weighted by Gasteiger charge is 2.47. The lowest BCUT2D eigenvalue weighted by molar-refractivity contribution is -0.143. The number of ether oxygens (including phenoxy) is 1. The first kappa shape index (κ1) is 25.3. The fourth-order valence-electron chi connectivity index (χ4n) is 4.59. The van der Waals surface area contributed by atoms with Crippen molar-refractivity contribution in [2.45, 2.75) is 49.3 Å². The lowest BCUT2D eigenvalue weighted by Crippen LogP contribution is -2.63. The summed E-state index contributed by atoms with van der Waals surface area (Å²) in [7, 11) is 0. The van der Waals surface area contributed by atoms with Gasteiger partial charge in [0.15, 0.2) is 0 Å². The molecule has 2 aliphatic heterocycles. The highest BCUT2D eigenvalue weighted by atomic mass is 19.4. The minimum absolute atomic E-state index is 0.00717. The quantitative estimate of drug-likeness (QED) is 0.498. The Morgan fingerprint density at radius 2 is 1.57 bits per heavy atom. The molecule has 2 aromatic rings. The van der Waals surface area contributed by atoms with Crippen LogP contribution in [0.15, 0.2) is 48.5 Å². The van der Waals surface area contributed by atoms with Crippen LogP contribution < -0.4 is 16.0 Å². The van der Waals surface area contributed by atoms with Crippen molar-refractivity contribution in [3.63, 3.8) is 0 Å². The molecule has 3 atom stereocenters. The van der Waals surface area contributed by atoms with Crippen LogP contribution in [0.4, 0.5) is 31.1 Å². The van der Waals surface area contributed by atoms with Gasteiger partial charge >= 0.3 is 18.4 Å². The number of rotatable bonds is 5. The minimum atomic E-state index is -4.93. The number of carbonyl (C=O) groups is 1. The third-order valence-corrected chi connectivity index (χ3v) is 6.75. The number of halogens is 6. The zero-order valence-electron chi connectivity index (χ0n) is 18.8. The topological polar surface area (TPSA) is 62.4 Å². The van der Waals surface area contributed by atoms with Crippen LogP contribution in [0.2, 0.25) is 0 Å². The van der Waals surface area contributed by atoms with E-state index in [1.165, 1.54) is 6.92 Å². The summed E-state index contributed by atoms with van der Waals surface area (Å²) >= 11 is 0. The molecule has 0 bridgehead atoms. The lowest BCUT2D eigenvalue weighted by Gasteiger charge is -2.46. The van der Waals surface area contributed by atoms with E-state index in [0.717, 1.165) is 5.56 Å². The van der Waals surface area contributed by atoms with Crippen molar-refractivity contribution in [3.8, 4) is 0 Å². The molecule has 2 amide bonds. The van der Waals surface area contributed by atoms with Gasteiger partial charge in [0.1, 0.15) is 0 Å². The second kappa shape index (κ2) is 9.02. The number of benzene rings is 2. The Morgan fingerprint density at radius 1 is 0.943 bits per heavy atom. The summed E-state index contributed by atoms with van der Waals surface area (Å²) in [5.74, 6) is 0. The van der Waals surface area contributed by atoms with Crippen LogP contribution in [-0.2, 0) is 22.6 Å². The maximum atomic E-state index is 13.3. The number of carbonyl (C=O) groups excluding carboxylic acids is 1. The number of alkyl halides is 6. The Morgan fingerprint density at radius 3 is 2.06 bits per heavy atom. The normalized spacial score (nSPS) is 25.9. The number of urea groups is 1. The van der Waals surface area contributed by atoms with Crippen molar-refractivity contribution in [1.82, 2.24) is 16.0 Å². The molecule has 0 aromatic heterocycles. The molecule has 11 heteroatoms. The molecule has 0 radical (unpaired) electrons. The van der Waals surface area contributed by atoms with E-state index in [4.69, 9.17) is 4.74 Å². The van der Waals surface area contributed by atoms with Crippen molar-refractivity contribution in [1.29, 1.82) is 0 Å². The van der Waals surface area contributed by atoms with Crippen LogP contribution in [0.3, 0.4) is 0 Å². The number of hydrogen-bond donors (Lipinski definition) is 3. The standard InChI is InChI=1S/C24H25F6N3O2/c1-15(16-9-18(23(25,26)27)11-19(10-16)24(28,29)30)35-14-22(17-5-3-2-4-6-17)8-7-21(13-32-22)12-31-20(34)33-21/h2-6,9-11,15,32H,7-8,12-14H2,1H3,(H2,31,33,34)/t15?,21-,22+/m0/s1. The highest BCUT2D eigenvalue weighted by molar-refractivity contribution is 5.77. The molecule has 5 nitrogen and oxygen atoms in total. The van der Waals surface area contributed by atoms with Crippen LogP contribution in [0.5, 0.6) is 0 Å². The molecule has 2 saturated heterocycles. The Hall–Kier alpha value is -2.79. The van der Waals surface area contributed by atoms with E-state index in [2.05, 4.69) is 16.0 Å². The van der Waals surface area contributed by atoms with Gasteiger partial charge in [0.25, 0.3) is 0 Å². The average molecular weight is 501 g/mol. The zero-order valence-corrected chi connectivity index (χ0v) is 18.8. The van der Waals surface area contributed by atoms with E-state index in [1.54, 1.807) is 0 Å². The van der Waals surface area contributed by atoms with Crippen molar-refractivity contribution >= 4 is 6.03 Å². The lowest BCUT2D eigenvalue weighted by atomic mass is 9.76. The SMILES string of the molecule is CC(OC[C@@]1(c2ccccc2)CC[C@]2(CNC(=O)N2)CN1)c1cc(C(F)(F)F)cc(C(F)(F)F)c1. The van der Waals surface area contributed by atoms with E-state index in [9.17, 15) is 31.1 Å². The summed E-state index contributed by atoms with van der Waals surface area (Å²) in [4.78, 5) is 11.7. The van der Waals surface area contributed by atoms with Crippen LogP contribution in [-0.4, -0.2) is 31.3 Å². The van der Waals surface area contributed by atoms with Crippen LogP contribution >= 0.6 is 0 Å². The predicted molar refractivity (Wildman–Crippen MR) is 115 cm³/mol. The van der Waals surface area contributed by atoms with Crippen molar-refractivity contribution in [2.24, 2.45) is 0 Å². The highest BCUT2D eigenvalue weighted by Crippen LogP contribution is 2.39. The monoisotopic (exact) mass is 501 g/mol. The van der Waals surface area contributed by atoms with E-state index < -0.39 is 40.7 Å². The molecule has 0 saturated carbocycles. The summed E-state index contributed by atoms with van der Waals surface area (Å²) in [5, 5.41) is 9.11. The van der Waals surface area contributed by atoms with Crippen molar-refractivity contribution < 1.29 is 35.9 Å². The molecule has 1 spiro atoms. The number of piperidine rings is 1. The summed E-state index contributed by atoms with van der Waals surface area (Å²) in [6.45, 7) is 2.30. The summed E-state index contributed by atoms with van der Waals surface area (Å²) in [6.07, 6.45) is -9.76. The molecule has 190 valence electrons. The first-order valence-corrected chi connectivity index (χ1v) is 11.1. The smallest absolute Gasteiger partial charge is 0.372 e. The van der Waals surface area contributed by atoms with Crippen LogP contribution in [0.1, 0.15) is 48.1 Å². The maximum Gasteiger partial charge on any atom is 0.416 e. The first-order chi connectivity index (χ1) is 16.3. The van der Waals surface area contributed by atoms with Crippen molar-refractivity contribution in [3.05, 3.63) is 70.8 Å². The van der Waals surface area contributed by atoms with Crippen LogP contribution in [0.25, 0.3) is 0 Å². The molecule has 2 aromatic carbocycles. The minimum Gasteiger partial charge on any atom is -0.372 e. The van der Waals surface area contributed by atoms with E-state index in [1.807, 2.05) is 30.3 Å². The fourth-order valence-corrected chi connectivity index (χ4v) is 4.59. The Labute approximate surface area is 198 Å². The second-order valence-corrected chi connectivity index (χ2v) is 9.18. The van der Waals surface area contributed by atoms with E-state index >= 15 is 0 Å². The maximum absolute atomic E-state index is 13.3. The Bertz CT molecular complexity index is 1030. The third-order valence-electron chi connectivity index (χ3n) is 6.75. The molecule has 35 heavy (non-hydrogen) atoms. The second-order valence-electron chi connectivity index (χ2n) is 9.18. The van der Waals surface area contributed by atoms with Gasteiger partial charge in [-0.1, -0.05) is 30.3 Å². The van der Waals surface area contributed by atoms with Gasteiger partial charge in [-0.05, 0) is 49.1 Å². The largest absolute Gasteiger partial charge is 0.416 e. The van der Waals surface area contributed by atoms with Crippen molar-refractivity contribution in [2.75, 3.05) is 19.7 Å². The van der Waals surface area contributed by atoms with Gasteiger partial charge in [-0.3, -0.25) is 0 Å². The zero-order chi connectivity index (χ0) is 25.5. The molecule has 3 N–H and O–H groups in total. The molecule has 2 aliphatic rings. The summed E-state index contributed by atoms with van der Waals surface area (Å²) in [6, 6.07) is 10.5. The Balaban J connectivity index is 1.58. The number of hydrogen-bond acceptors (Lipinski definition) is 3. The van der Waals surface area contributed by atoms with E-state index in [-0.39, 0.29) is 24.3 Å². The molecule has 2 fully saturated rings. The Kier molecular flexibility index (Phi) is 6.52. The van der Waals surface area contributed by atoms with Gasteiger partial charge in [0.05, 0.1) is 34.9 Å². The molecular formula is C24H25F6N3O2. The van der Waals surface area contributed by atoms with E-state index in [0.29, 0.717) is 38.1 Å². The first-order valence-electron chi connectivity index (χ1n) is 11.1. The van der Waals surface area contributed by atoms with Gasteiger partial charge in [-0.15, -0.1) is 0 Å². The fraction of sp³-hybridized carbons (Fsp3) is 0.458. The van der Waals surface area contributed by atoms with Gasteiger partial charge in [-0.2, -0.15) is 26.3 Å². The van der Waals surface area contributed by atoms with Gasteiger partial charge in [0.2, 0.25) is 0 Å². The molecule has 0 aliphatic carbocycles. The number of amides is 2. The molecule has 2 heterocycles. The molecular weight excluding hydrogens is 476 g/mol. The van der Waals surface area contributed by atoms with Gasteiger partial charge in [0, 0.05) is 13.1 Å². The van der Waals surface area contributed by atoms with Crippen LogP contribution in [0, 0.1) is 0 Å². The summed E-state index contributed by atoms with van der Waals surface area (Å²) < 4.78 is 85.6. The molecule has 4 rings (SSSR count). The number of nitrogens with one attached hydrogen (secondary N) is 3. The predicted octanol–water partition coefficient (Wildman–Crippen LogP) is 5.13. The van der Waals surface area contributed by atoms with Gasteiger partial charge in [-0.25, -0.2) is 4.79 Å². The third kappa shape index (κ3) is 5.40. The summed E-state index contributed by atoms with van der Waals surface area (Å²) in [5.41, 5.74) is -3.29.